The van der Waals surface area contributed by atoms with Crippen LogP contribution in [0.15, 0.2) is 97.1 Å². The van der Waals surface area contributed by atoms with Crippen LogP contribution >= 0.6 is 0 Å². The maximum atomic E-state index is 9.66. The first-order valence-corrected chi connectivity index (χ1v) is 9.70. The molecule has 30 heavy (non-hydrogen) atoms. The molecule has 4 nitrogen and oxygen atoms in total. The fourth-order valence-corrected chi connectivity index (χ4v) is 3.37. The fraction of sp³-hybridized carbons (Fsp3) is 0.0769. The molecule has 0 amide bonds. The van der Waals surface area contributed by atoms with Gasteiger partial charge in [-0.15, -0.1) is 0 Å². The molecule has 0 aliphatic heterocycles. The zero-order chi connectivity index (χ0) is 20.8. The zero-order valence-electron chi connectivity index (χ0n) is 16.6. The number of aromatic nitrogens is 1. The van der Waals surface area contributed by atoms with Crippen molar-refractivity contribution >= 4 is 5.82 Å². The van der Waals surface area contributed by atoms with Crippen molar-refractivity contribution in [1.29, 1.82) is 5.26 Å². The van der Waals surface area contributed by atoms with E-state index in [-0.39, 0.29) is 6.04 Å². The Morgan fingerprint density at radius 3 is 1.93 bits per heavy atom. The van der Waals surface area contributed by atoms with Gasteiger partial charge in [-0.3, -0.25) is 0 Å². The van der Waals surface area contributed by atoms with Gasteiger partial charge in [0, 0.05) is 5.56 Å². The lowest BCUT2D eigenvalue weighted by Gasteiger charge is -2.21. The summed E-state index contributed by atoms with van der Waals surface area (Å²) in [6.07, 6.45) is 0. The fourth-order valence-electron chi connectivity index (χ4n) is 3.37. The standard InChI is InChI=1S/C26H21N3O/c1-30-23-15-12-19(13-16-23)24-17-14-22(18-27)26(28-24)29-25(20-8-4-2-5-9-20)21-10-6-3-7-11-21/h2-17,25H,1H3,(H,28,29). The predicted molar refractivity (Wildman–Crippen MR) is 119 cm³/mol. The first-order chi connectivity index (χ1) is 14.8. The van der Waals surface area contributed by atoms with Crippen molar-refractivity contribution in [2.24, 2.45) is 0 Å². The van der Waals surface area contributed by atoms with Crippen molar-refractivity contribution in [1.82, 2.24) is 4.98 Å². The summed E-state index contributed by atoms with van der Waals surface area (Å²) in [5.74, 6) is 1.35. The monoisotopic (exact) mass is 391 g/mol. The second-order valence-electron chi connectivity index (χ2n) is 6.83. The Hall–Kier alpha value is -4.10. The van der Waals surface area contributed by atoms with Gasteiger partial charge in [0.05, 0.1) is 24.4 Å². The molecule has 4 rings (SSSR count). The normalized spacial score (nSPS) is 10.4. The minimum atomic E-state index is -0.127. The highest BCUT2D eigenvalue weighted by Crippen LogP contribution is 2.29. The van der Waals surface area contributed by atoms with Gasteiger partial charge in [-0.05, 0) is 47.5 Å². The van der Waals surface area contributed by atoms with E-state index in [0.29, 0.717) is 11.4 Å². The smallest absolute Gasteiger partial charge is 0.145 e. The number of rotatable bonds is 6. The Morgan fingerprint density at radius 1 is 0.800 bits per heavy atom. The topological polar surface area (TPSA) is 57.9 Å². The summed E-state index contributed by atoms with van der Waals surface area (Å²) in [6, 6.07) is 33.9. The Labute approximate surface area is 176 Å². The van der Waals surface area contributed by atoms with Crippen LogP contribution in [-0.4, -0.2) is 12.1 Å². The van der Waals surface area contributed by atoms with Crippen molar-refractivity contribution in [3.05, 3.63) is 114 Å². The van der Waals surface area contributed by atoms with E-state index in [2.05, 4.69) is 35.7 Å². The Balaban J connectivity index is 1.74. The maximum Gasteiger partial charge on any atom is 0.145 e. The van der Waals surface area contributed by atoms with Crippen molar-refractivity contribution in [2.45, 2.75) is 6.04 Å². The number of benzene rings is 3. The van der Waals surface area contributed by atoms with Crippen LogP contribution in [0.1, 0.15) is 22.7 Å². The van der Waals surface area contributed by atoms with Crippen molar-refractivity contribution in [3.8, 4) is 23.1 Å². The summed E-state index contributed by atoms with van der Waals surface area (Å²) in [5, 5.41) is 13.2. The number of hydrogen-bond acceptors (Lipinski definition) is 4. The van der Waals surface area contributed by atoms with Crippen LogP contribution in [0.5, 0.6) is 5.75 Å². The van der Waals surface area contributed by atoms with Gasteiger partial charge in [0.15, 0.2) is 0 Å². The number of ether oxygens (including phenoxy) is 1. The number of hydrogen-bond donors (Lipinski definition) is 1. The molecule has 0 saturated heterocycles. The molecule has 1 N–H and O–H groups in total. The van der Waals surface area contributed by atoms with Gasteiger partial charge in [0.2, 0.25) is 0 Å². The third-order valence-corrected chi connectivity index (χ3v) is 4.95. The number of nitrogens with one attached hydrogen (secondary N) is 1. The van der Waals surface area contributed by atoms with E-state index in [1.807, 2.05) is 72.8 Å². The number of nitrogens with zero attached hydrogens (tertiary/aromatic N) is 2. The van der Waals surface area contributed by atoms with Crippen LogP contribution in [0.25, 0.3) is 11.3 Å². The molecule has 0 fully saturated rings. The van der Waals surface area contributed by atoms with Crippen molar-refractivity contribution < 1.29 is 4.74 Å². The number of nitriles is 1. The SMILES string of the molecule is COc1ccc(-c2ccc(C#N)c(NC(c3ccccc3)c3ccccc3)n2)cc1. The van der Waals surface area contributed by atoms with Gasteiger partial charge >= 0.3 is 0 Å². The van der Waals surface area contributed by atoms with E-state index < -0.39 is 0 Å². The largest absolute Gasteiger partial charge is 0.497 e. The van der Waals surface area contributed by atoms with Crippen molar-refractivity contribution in [3.63, 3.8) is 0 Å². The van der Waals surface area contributed by atoms with Crippen LogP contribution in [0.4, 0.5) is 5.82 Å². The third kappa shape index (κ3) is 4.16. The molecule has 0 bridgehead atoms. The minimum absolute atomic E-state index is 0.127. The van der Waals surface area contributed by atoms with Gasteiger partial charge < -0.3 is 10.1 Å². The highest BCUT2D eigenvalue weighted by molar-refractivity contribution is 5.66. The molecule has 0 spiro atoms. The molecule has 0 radical (unpaired) electrons. The highest BCUT2D eigenvalue weighted by atomic mass is 16.5. The third-order valence-electron chi connectivity index (χ3n) is 4.95. The minimum Gasteiger partial charge on any atom is -0.497 e. The van der Waals surface area contributed by atoms with Gasteiger partial charge in [-0.25, -0.2) is 4.98 Å². The highest BCUT2D eigenvalue weighted by Gasteiger charge is 2.17. The molecule has 4 heteroatoms. The molecule has 0 aliphatic rings. The van der Waals surface area contributed by atoms with Crippen LogP contribution in [0, 0.1) is 11.3 Å². The summed E-state index contributed by atoms with van der Waals surface area (Å²) in [5.41, 5.74) is 4.45. The van der Waals surface area contributed by atoms with E-state index in [1.54, 1.807) is 7.11 Å². The van der Waals surface area contributed by atoms with E-state index in [0.717, 1.165) is 28.1 Å². The quantitative estimate of drug-likeness (QED) is 0.449. The van der Waals surface area contributed by atoms with Crippen LogP contribution in [0.3, 0.4) is 0 Å². The molecular weight excluding hydrogens is 370 g/mol. The summed E-state index contributed by atoms with van der Waals surface area (Å²) in [7, 11) is 1.64. The lowest BCUT2D eigenvalue weighted by molar-refractivity contribution is 0.415. The lowest BCUT2D eigenvalue weighted by Crippen LogP contribution is -2.14. The Morgan fingerprint density at radius 2 is 1.40 bits per heavy atom. The first kappa shape index (κ1) is 19.2. The Bertz CT molecular complexity index is 1110. The maximum absolute atomic E-state index is 9.66. The first-order valence-electron chi connectivity index (χ1n) is 9.70. The van der Waals surface area contributed by atoms with Gasteiger partial charge in [-0.1, -0.05) is 60.7 Å². The van der Waals surface area contributed by atoms with Crippen LogP contribution in [-0.2, 0) is 0 Å². The predicted octanol–water partition coefficient (Wildman–Crippen LogP) is 5.83. The summed E-state index contributed by atoms with van der Waals surface area (Å²) < 4.78 is 5.24. The second-order valence-corrected chi connectivity index (χ2v) is 6.83. The molecule has 1 heterocycles. The van der Waals surface area contributed by atoms with E-state index in [9.17, 15) is 5.26 Å². The molecule has 0 unspecified atom stereocenters. The van der Waals surface area contributed by atoms with Gasteiger partial charge in [0.25, 0.3) is 0 Å². The molecule has 4 aromatic rings. The lowest BCUT2D eigenvalue weighted by atomic mass is 9.98. The number of pyridine rings is 1. The molecule has 3 aromatic carbocycles. The van der Waals surface area contributed by atoms with E-state index >= 15 is 0 Å². The average Bonchev–Trinajstić information content (AvgIpc) is 2.83. The summed E-state index contributed by atoms with van der Waals surface area (Å²) in [6.45, 7) is 0. The number of methoxy groups -OCH3 is 1. The van der Waals surface area contributed by atoms with Crippen molar-refractivity contribution in [2.75, 3.05) is 12.4 Å². The number of anilines is 1. The molecule has 146 valence electrons. The average molecular weight is 391 g/mol. The molecule has 0 aliphatic carbocycles. The van der Waals surface area contributed by atoms with Gasteiger partial charge in [0.1, 0.15) is 17.6 Å². The van der Waals surface area contributed by atoms with Crippen LogP contribution in [0.2, 0.25) is 0 Å². The molecular formula is C26H21N3O. The van der Waals surface area contributed by atoms with E-state index in [1.165, 1.54) is 0 Å². The summed E-state index contributed by atoms with van der Waals surface area (Å²) in [4.78, 5) is 4.79. The van der Waals surface area contributed by atoms with Gasteiger partial charge in [-0.2, -0.15) is 5.26 Å². The Kier molecular flexibility index (Phi) is 5.73. The molecule has 0 saturated carbocycles. The van der Waals surface area contributed by atoms with Crippen LogP contribution < -0.4 is 10.1 Å². The molecule has 1 aromatic heterocycles. The summed E-state index contributed by atoms with van der Waals surface area (Å²) >= 11 is 0. The second kappa shape index (κ2) is 8.93. The van der Waals surface area contributed by atoms with E-state index in [4.69, 9.17) is 9.72 Å². The zero-order valence-corrected chi connectivity index (χ0v) is 16.6. The molecule has 0 atom stereocenters.